The highest BCUT2D eigenvalue weighted by Crippen LogP contribution is 2.21. The summed E-state index contributed by atoms with van der Waals surface area (Å²) in [6, 6.07) is -0.427. The van der Waals surface area contributed by atoms with Crippen LogP contribution in [0.1, 0.15) is 31.3 Å². The molecule has 114 valence electrons. The maximum Gasteiger partial charge on any atom is 0.356 e. The fourth-order valence-electron chi connectivity index (χ4n) is 1.43. The largest absolute Gasteiger partial charge is 0.476 e. The van der Waals surface area contributed by atoms with E-state index in [1.807, 2.05) is 20.8 Å². The molecule has 0 saturated carbocycles. The molecule has 0 radical (unpaired) electrons. The second kappa shape index (κ2) is 7.11. The zero-order chi connectivity index (χ0) is 15.3. The van der Waals surface area contributed by atoms with Crippen molar-refractivity contribution in [3.63, 3.8) is 0 Å². The average Bonchev–Trinajstić information content (AvgIpc) is 2.84. The van der Waals surface area contributed by atoms with Gasteiger partial charge in [0.15, 0.2) is 9.90 Å². The Balaban J connectivity index is 2.97. The third-order valence-corrected chi connectivity index (χ3v) is 5.45. The summed E-state index contributed by atoms with van der Waals surface area (Å²) >= 11 is 0.779. The second-order valence-corrected chi connectivity index (χ2v) is 7.19. The van der Waals surface area contributed by atoms with Crippen molar-refractivity contribution in [2.45, 2.75) is 31.0 Å². The summed E-state index contributed by atoms with van der Waals surface area (Å²) in [5.74, 6) is -1.35. The first kappa shape index (κ1) is 17.0. The average molecular weight is 322 g/mol. The van der Waals surface area contributed by atoms with Crippen LogP contribution in [0.2, 0.25) is 0 Å². The quantitative estimate of drug-likeness (QED) is 0.744. The van der Waals surface area contributed by atoms with Gasteiger partial charge in [0.25, 0.3) is 10.0 Å². The minimum atomic E-state index is -3.92. The van der Waals surface area contributed by atoms with Crippen molar-refractivity contribution in [2.24, 2.45) is 5.92 Å². The normalized spacial score (nSPS) is 13.6. The van der Waals surface area contributed by atoms with Gasteiger partial charge in [0, 0.05) is 12.6 Å². The van der Waals surface area contributed by atoms with Crippen LogP contribution in [0, 0.1) is 5.92 Å². The zero-order valence-corrected chi connectivity index (χ0v) is 13.1. The van der Waals surface area contributed by atoms with Gasteiger partial charge in [-0.3, -0.25) is 0 Å². The van der Waals surface area contributed by atoms with Crippen LogP contribution in [0.4, 0.5) is 0 Å². The van der Waals surface area contributed by atoms with Crippen LogP contribution >= 0.6 is 11.3 Å². The summed E-state index contributed by atoms with van der Waals surface area (Å²) < 4.78 is 31.9. The molecule has 1 heterocycles. The summed E-state index contributed by atoms with van der Waals surface area (Å²) in [4.78, 5) is 14.5. The molecule has 1 aromatic rings. The Hall–Kier alpha value is -1.03. The number of nitrogens with zero attached hydrogens (tertiary/aromatic N) is 1. The minimum Gasteiger partial charge on any atom is -0.476 e. The van der Waals surface area contributed by atoms with Gasteiger partial charge in [0.1, 0.15) is 0 Å². The number of aromatic nitrogens is 1. The lowest BCUT2D eigenvalue weighted by Crippen LogP contribution is -2.42. The monoisotopic (exact) mass is 322 g/mol. The van der Waals surface area contributed by atoms with E-state index in [4.69, 9.17) is 9.84 Å². The van der Waals surface area contributed by atoms with Crippen molar-refractivity contribution in [1.82, 2.24) is 9.71 Å². The number of carbonyl (C=O) groups is 1. The first-order valence-corrected chi connectivity index (χ1v) is 8.42. The third kappa shape index (κ3) is 4.23. The Morgan fingerprint density at radius 2 is 2.20 bits per heavy atom. The van der Waals surface area contributed by atoms with Crippen molar-refractivity contribution in [3.05, 3.63) is 11.2 Å². The number of ether oxygens (including phenoxy) is 1. The molecule has 1 rings (SSSR count). The van der Waals surface area contributed by atoms with E-state index in [1.165, 1.54) is 5.51 Å². The number of hydrogen-bond donors (Lipinski definition) is 2. The smallest absolute Gasteiger partial charge is 0.356 e. The SMILES string of the molecule is CCOCC(NS(=O)(=O)c1scnc1C(=O)O)C(C)C. The van der Waals surface area contributed by atoms with E-state index in [9.17, 15) is 13.2 Å². The van der Waals surface area contributed by atoms with E-state index in [1.54, 1.807) is 0 Å². The lowest BCUT2D eigenvalue weighted by atomic mass is 10.1. The van der Waals surface area contributed by atoms with Gasteiger partial charge in [0.05, 0.1) is 12.1 Å². The number of carboxylic acids is 1. The molecule has 9 heteroatoms. The van der Waals surface area contributed by atoms with E-state index in [0.717, 1.165) is 11.3 Å². The molecule has 20 heavy (non-hydrogen) atoms. The molecule has 2 N–H and O–H groups in total. The van der Waals surface area contributed by atoms with E-state index < -0.39 is 27.7 Å². The maximum absolute atomic E-state index is 12.2. The van der Waals surface area contributed by atoms with E-state index in [0.29, 0.717) is 6.61 Å². The molecule has 1 aromatic heterocycles. The van der Waals surface area contributed by atoms with E-state index in [2.05, 4.69) is 9.71 Å². The Bertz CT molecular complexity index is 553. The minimum absolute atomic E-state index is 0.0116. The van der Waals surface area contributed by atoms with E-state index in [-0.39, 0.29) is 16.7 Å². The van der Waals surface area contributed by atoms with Crippen LogP contribution < -0.4 is 4.72 Å². The molecule has 0 spiro atoms. The van der Waals surface area contributed by atoms with Gasteiger partial charge < -0.3 is 9.84 Å². The molecule has 0 aliphatic heterocycles. The van der Waals surface area contributed by atoms with Crippen LogP contribution in [-0.2, 0) is 14.8 Å². The number of nitrogens with one attached hydrogen (secondary N) is 1. The van der Waals surface area contributed by atoms with Crippen LogP contribution in [0.5, 0.6) is 0 Å². The molecule has 0 saturated heterocycles. The predicted molar refractivity (Wildman–Crippen MR) is 74.5 cm³/mol. The number of aromatic carboxylic acids is 1. The van der Waals surface area contributed by atoms with Crippen LogP contribution in [0.15, 0.2) is 9.72 Å². The molecule has 1 atom stereocenters. The first-order valence-electron chi connectivity index (χ1n) is 6.06. The number of rotatable bonds is 8. The van der Waals surface area contributed by atoms with Gasteiger partial charge in [0.2, 0.25) is 0 Å². The molecule has 7 nitrogen and oxygen atoms in total. The predicted octanol–water partition coefficient (Wildman–Crippen LogP) is 1.18. The number of carboxylic acid groups (broad SMARTS) is 1. The van der Waals surface area contributed by atoms with Crippen molar-refractivity contribution in [2.75, 3.05) is 13.2 Å². The van der Waals surface area contributed by atoms with Gasteiger partial charge in [-0.2, -0.15) is 0 Å². The number of hydrogen-bond acceptors (Lipinski definition) is 6. The second-order valence-electron chi connectivity index (χ2n) is 4.42. The Morgan fingerprint density at radius 1 is 1.55 bits per heavy atom. The Kier molecular flexibility index (Phi) is 6.06. The summed E-state index contributed by atoms with van der Waals surface area (Å²) in [5.41, 5.74) is 0.742. The number of thiazole rings is 1. The molecule has 0 aliphatic rings. The van der Waals surface area contributed by atoms with Gasteiger partial charge in [-0.15, -0.1) is 11.3 Å². The summed E-state index contributed by atoms with van der Waals surface area (Å²) in [6.45, 7) is 6.24. The highest BCUT2D eigenvalue weighted by Gasteiger charge is 2.29. The van der Waals surface area contributed by atoms with Crippen LogP contribution in [0.3, 0.4) is 0 Å². The standard InChI is InChI=1S/C11H18N2O5S2/c1-4-18-5-8(7(2)3)13-20(16,17)11-9(10(14)15)12-6-19-11/h6-8,13H,4-5H2,1-3H3,(H,14,15). The first-order chi connectivity index (χ1) is 9.29. The lowest BCUT2D eigenvalue weighted by Gasteiger charge is -2.21. The van der Waals surface area contributed by atoms with Crippen molar-refractivity contribution in [1.29, 1.82) is 0 Å². The molecular formula is C11H18N2O5S2. The topological polar surface area (TPSA) is 106 Å². The highest BCUT2D eigenvalue weighted by atomic mass is 32.2. The molecule has 0 amide bonds. The van der Waals surface area contributed by atoms with E-state index >= 15 is 0 Å². The summed E-state index contributed by atoms with van der Waals surface area (Å²) in [7, 11) is -3.92. The molecule has 0 aliphatic carbocycles. The van der Waals surface area contributed by atoms with Gasteiger partial charge in [-0.25, -0.2) is 22.9 Å². The molecule has 0 aromatic carbocycles. The molecule has 0 bridgehead atoms. The fourth-order valence-corrected chi connectivity index (χ4v) is 3.95. The van der Waals surface area contributed by atoms with Crippen molar-refractivity contribution < 1.29 is 23.1 Å². The zero-order valence-electron chi connectivity index (χ0n) is 11.5. The third-order valence-electron chi connectivity index (χ3n) is 2.59. The van der Waals surface area contributed by atoms with Gasteiger partial charge in [-0.1, -0.05) is 13.8 Å². The Labute approximate surface area is 122 Å². The van der Waals surface area contributed by atoms with Gasteiger partial charge in [-0.05, 0) is 12.8 Å². The fraction of sp³-hybridized carbons (Fsp3) is 0.636. The van der Waals surface area contributed by atoms with Crippen LogP contribution in [-0.4, -0.2) is 43.7 Å². The van der Waals surface area contributed by atoms with Gasteiger partial charge >= 0.3 is 5.97 Å². The van der Waals surface area contributed by atoms with Crippen molar-refractivity contribution in [3.8, 4) is 0 Å². The molecular weight excluding hydrogens is 304 g/mol. The van der Waals surface area contributed by atoms with Crippen molar-refractivity contribution >= 4 is 27.3 Å². The number of sulfonamides is 1. The summed E-state index contributed by atoms with van der Waals surface area (Å²) in [5, 5.41) is 8.93. The molecule has 1 unspecified atom stereocenters. The molecule has 0 fully saturated rings. The maximum atomic E-state index is 12.2. The highest BCUT2D eigenvalue weighted by molar-refractivity contribution is 7.91. The van der Waals surface area contributed by atoms with Crippen LogP contribution in [0.25, 0.3) is 0 Å². The summed E-state index contributed by atoms with van der Waals surface area (Å²) in [6.07, 6.45) is 0. The Morgan fingerprint density at radius 3 is 2.70 bits per heavy atom. The lowest BCUT2D eigenvalue weighted by molar-refractivity contribution is 0.0687.